The summed E-state index contributed by atoms with van der Waals surface area (Å²) in [4.78, 5) is 0. The number of hydrogen-bond acceptors (Lipinski definition) is 3. The summed E-state index contributed by atoms with van der Waals surface area (Å²) in [6.45, 7) is 2.32. The van der Waals surface area contributed by atoms with Crippen LogP contribution in [-0.2, 0) is 4.18 Å². The molecule has 12 heavy (non-hydrogen) atoms. The van der Waals surface area contributed by atoms with Gasteiger partial charge < -0.3 is 9.50 Å². The lowest BCUT2D eigenvalue weighted by atomic mass is 9.92. The second kappa shape index (κ2) is 4.70. The molecule has 0 amide bonds. The van der Waals surface area contributed by atoms with E-state index >= 15 is 0 Å². The molecule has 0 radical (unpaired) electrons. The fraction of sp³-hybridized carbons (Fsp3) is 1.00. The van der Waals surface area contributed by atoms with Gasteiger partial charge in [0.25, 0.3) is 0 Å². The van der Waals surface area contributed by atoms with Crippen molar-refractivity contribution in [1.82, 2.24) is 5.32 Å². The van der Waals surface area contributed by atoms with E-state index in [1.807, 2.05) is 0 Å². The smallest absolute Gasteiger partial charge is 0.0850 e. The van der Waals surface area contributed by atoms with Crippen molar-refractivity contribution >= 4 is 24.4 Å². The molecule has 2 nitrogen and oxygen atoms in total. The van der Waals surface area contributed by atoms with Gasteiger partial charge in [0.2, 0.25) is 0 Å². The van der Waals surface area contributed by atoms with Crippen LogP contribution in [0.4, 0.5) is 0 Å². The minimum Gasteiger partial charge on any atom is -0.317 e. The molecule has 0 aromatic heterocycles. The molecule has 2 heterocycles. The summed E-state index contributed by atoms with van der Waals surface area (Å²) in [5, 5.41) is 3.41. The van der Waals surface area contributed by atoms with Gasteiger partial charge in [-0.1, -0.05) is 0 Å². The zero-order valence-electron chi connectivity index (χ0n) is 7.17. The number of nitrogens with one attached hydrogen (secondary N) is 1. The molecule has 0 saturated carbocycles. The summed E-state index contributed by atoms with van der Waals surface area (Å²) < 4.78 is 5.74. The molecule has 72 valence electrons. The van der Waals surface area contributed by atoms with Crippen molar-refractivity contribution < 1.29 is 4.18 Å². The van der Waals surface area contributed by atoms with E-state index in [2.05, 4.69) is 5.32 Å². The van der Waals surface area contributed by atoms with Crippen LogP contribution in [0.5, 0.6) is 0 Å². The van der Waals surface area contributed by atoms with Crippen LogP contribution in [0.1, 0.15) is 25.7 Å². The van der Waals surface area contributed by atoms with Crippen molar-refractivity contribution in [2.24, 2.45) is 0 Å². The molecule has 0 aromatic carbocycles. The molecule has 1 N–H and O–H groups in total. The number of rotatable bonds is 0. The fourth-order valence-corrected chi connectivity index (χ4v) is 2.91. The van der Waals surface area contributed by atoms with Crippen LogP contribution in [0, 0.1) is 0 Å². The highest BCUT2D eigenvalue weighted by molar-refractivity contribution is 7.94. The first-order chi connectivity index (χ1) is 5.41. The van der Waals surface area contributed by atoms with Crippen molar-refractivity contribution in [1.29, 1.82) is 0 Å². The first-order valence-electron chi connectivity index (χ1n) is 4.43. The molecule has 2 fully saturated rings. The molecular formula is C8H16ClNOS. The summed E-state index contributed by atoms with van der Waals surface area (Å²) in [5.41, 5.74) is 0.258. The zero-order chi connectivity index (χ0) is 7.57. The van der Waals surface area contributed by atoms with Crippen LogP contribution in [0.15, 0.2) is 0 Å². The average molecular weight is 210 g/mol. The van der Waals surface area contributed by atoms with Gasteiger partial charge in [-0.2, -0.15) is 0 Å². The molecule has 1 unspecified atom stereocenters. The van der Waals surface area contributed by atoms with Gasteiger partial charge in [0.05, 0.1) is 5.60 Å². The fourth-order valence-electron chi connectivity index (χ4n) is 1.87. The van der Waals surface area contributed by atoms with E-state index in [9.17, 15) is 0 Å². The van der Waals surface area contributed by atoms with Crippen LogP contribution in [0.25, 0.3) is 0 Å². The monoisotopic (exact) mass is 209 g/mol. The van der Waals surface area contributed by atoms with E-state index in [1.165, 1.54) is 38.0 Å². The van der Waals surface area contributed by atoms with E-state index in [0.717, 1.165) is 6.54 Å². The van der Waals surface area contributed by atoms with E-state index < -0.39 is 0 Å². The second-order valence-corrected chi connectivity index (χ2v) is 4.25. The molecule has 2 aliphatic rings. The van der Waals surface area contributed by atoms with Gasteiger partial charge in [0.15, 0.2) is 0 Å². The average Bonchev–Trinajstić information content (AvgIpc) is 2.32. The third-order valence-corrected chi connectivity index (χ3v) is 3.46. The SMILES string of the molecule is C1CNCCC2(C1)CCSO2.Cl. The van der Waals surface area contributed by atoms with Crippen LogP contribution >= 0.6 is 24.4 Å². The van der Waals surface area contributed by atoms with Gasteiger partial charge in [-0.3, -0.25) is 0 Å². The Hall–Kier alpha value is 0.560. The van der Waals surface area contributed by atoms with Crippen molar-refractivity contribution in [3.63, 3.8) is 0 Å². The van der Waals surface area contributed by atoms with Gasteiger partial charge in [-0.15, -0.1) is 12.4 Å². The molecule has 2 aliphatic heterocycles. The van der Waals surface area contributed by atoms with Gasteiger partial charge in [-0.05, 0) is 50.8 Å². The Bertz CT molecular complexity index is 129. The minimum absolute atomic E-state index is 0. The normalized spacial score (nSPS) is 36.0. The van der Waals surface area contributed by atoms with Gasteiger partial charge in [0.1, 0.15) is 0 Å². The van der Waals surface area contributed by atoms with Crippen molar-refractivity contribution in [3.05, 3.63) is 0 Å². The topological polar surface area (TPSA) is 21.3 Å². The van der Waals surface area contributed by atoms with Crippen molar-refractivity contribution in [2.45, 2.75) is 31.3 Å². The Morgan fingerprint density at radius 2 is 2.08 bits per heavy atom. The summed E-state index contributed by atoms with van der Waals surface area (Å²) >= 11 is 1.66. The Morgan fingerprint density at radius 1 is 1.17 bits per heavy atom. The molecule has 1 atom stereocenters. The zero-order valence-corrected chi connectivity index (χ0v) is 8.81. The Kier molecular flexibility index (Phi) is 4.17. The quantitative estimate of drug-likeness (QED) is 0.617. The lowest BCUT2D eigenvalue weighted by Gasteiger charge is -2.24. The first kappa shape index (κ1) is 10.6. The highest BCUT2D eigenvalue weighted by atomic mass is 35.5. The minimum atomic E-state index is 0. The van der Waals surface area contributed by atoms with Gasteiger partial charge in [0, 0.05) is 5.75 Å². The Balaban J connectivity index is 0.000000720. The van der Waals surface area contributed by atoms with E-state index in [-0.39, 0.29) is 18.0 Å². The first-order valence-corrected chi connectivity index (χ1v) is 5.34. The summed E-state index contributed by atoms with van der Waals surface area (Å²) in [6, 6.07) is 0. The van der Waals surface area contributed by atoms with E-state index in [1.54, 1.807) is 12.0 Å². The summed E-state index contributed by atoms with van der Waals surface area (Å²) in [5.74, 6) is 1.19. The molecule has 2 rings (SSSR count). The molecule has 0 aliphatic carbocycles. The van der Waals surface area contributed by atoms with Gasteiger partial charge in [-0.25, -0.2) is 0 Å². The largest absolute Gasteiger partial charge is 0.317 e. The van der Waals surface area contributed by atoms with Crippen LogP contribution in [0.3, 0.4) is 0 Å². The van der Waals surface area contributed by atoms with Crippen LogP contribution in [-0.4, -0.2) is 24.4 Å². The lowest BCUT2D eigenvalue weighted by molar-refractivity contribution is 0.0963. The van der Waals surface area contributed by atoms with E-state index in [0.29, 0.717) is 0 Å². The third kappa shape index (κ3) is 2.28. The van der Waals surface area contributed by atoms with Crippen LogP contribution in [0.2, 0.25) is 0 Å². The molecule has 0 bridgehead atoms. The maximum absolute atomic E-state index is 5.74. The molecule has 1 spiro atoms. The summed E-state index contributed by atoms with van der Waals surface area (Å²) in [7, 11) is 0. The van der Waals surface area contributed by atoms with Crippen molar-refractivity contribution in [2.75, 3.05) is 18.8 Å². The highest BCUT2D eigenvalue weighted by Crippen LogP contribution is 2.38. The molecular weight excluding hydrogens is 194 g/mol. The predicted molar refractivity (Wildman–Crippen MR) is 54.9 cm³/mol. The number of halogens is 1. The maximum Gasteiger partial charge on any atom is 0.0850 e. The Morgan fingerprint density at radius 3 is 2.83 bits per heavy atom. The Labute approximate surface area is 84.4 Å². The molecule has 0 aromatic rings. The molecule has 4 heteroatoms. The predicted octanol–water partition coefficient (Wildman–Crippen LogP) is 1.99. The summed E-state index contributed by atoms with van der Waals surface area (Å²) in [6.07, 6.45) is 5.01. The standard InChI is InChI=1S/C8H15NOS.ClH/c1-2-8(3-6-9-5-1)4-7-11-10-8;/h9H,1-7H2;1H. The highest BCUT2D eigenvalue weighted by Gasteiger charge is 2.36. The number of hydrogen-bond donors (Lipinski definition) is 1. The van der Waals surface area contributed by atoms with Crippen LogP contribution < -0.4 is 5.32 Å². The van der Waals surface area contributed by atoms with E-state index in [4.69, 9.17) is 4.18 Å². The van der Waals surface area contributed by atoms with Crippen molar-refractivity contribution in [3.8, 4) is 0 Å². The second-order valence-electron chi connectivity index (χ2n) is 3.44. The third-order valence-electron chi connectivity index (χ3n) is 2.62. The lowest BCUT2D eigenvalue weighted by Crippen LogP contribution is -2.28. The van der Waals surface area contributed by atoms with Gasteiger partial charge >= 0.3 is 0 Å². The molecule has 2 saturated heterocycles. The maximum atomic E-state index is 5.74.